The Morgan fingerprint density at radius 2 is 2.06 bits per heavy atom. The van der Waals surface area contributed by atoms with Gasteiger partial charge in [0.25, 0.3) is 5.91 Å². The van der Waals surface area contributed by atoms with E-state index >= 15 is 0 Å². The van der Waals surface area contributed by atoms with Gasteiger partial charge >= 0.3 is 5.97 Å². The maximum Gasteiger partial charge on any atom is 0.303 e. The minimum absolute atomic E-state index is 0.131. The molecule has 5 nitrogen and oxygen atoms in total. The summed E-state index contributed by atoms with van der Waals surface area (Å²) < 4.78 is 0. The van der Waals surface area contributed by atoms with E-state index in [0.29, 0.717) is 18.5 Å². The molecular weight excluding hydrogens is 220 g/mol. The number of hydrogen-bond donors (Lipinski definition) is 2. The van der Waals surface area contributed by atoms with E-state index in [2.05, 4.69) is 10.3 Å². The number of hydrogen-bond acceptors (Lipinski definition) is 3. The fraction of sp³-hybridized carbons (Fsp3) is 0.417. The standard InChI is InChI=1S/C12H16N2O3/c1-9(2-3-11(15)16)8-14-12(17)10-4-6-13-7-5-10/h4-7,9H,2-3,8H2,1H3,(H,14,17)(H,15,16). The number of carboxylic acids is 1. The van der Waals surface area contributed by atoms with Crippen molar-refractivity contribution in [2.45, 2.75) is 19.8 Å². The van der Waals surface area contributed by atoms with Crippen LogP contribution in [0.25, 0.3) is 0 Å². The summed E-state index contributed by atoms with van der Waals surface area (Å²) in [5.74, 6) is -0.816. The van der Waals surface area contributed by atoms with E-state index in [1.165, 1.54) is 0 Å². The van der Waals surface area contributed by atoms with Crippen molar-refractivity contribution in [1.82, 2.24) is 10.3 Å². The first kappa shape index (κ1) is 13.2. The molecule has 2 N–H and O–H groups in total. The first-order valence-electron chi connectivity index (χ1n) is 5.49. The van der Waals surface area contributed by atoms with Crippen molar-refractivity contribution in [3.8, 4) is 0 Å². The number of carboxylic acid groups (broad SMARTS) is 1. The highest BCUT2D eigenvalue weighted by Gasteiger charge is 2.08. The molecule has 0 aliphatic carbocycles. The van der Waals surface area contributed by atoms with Gasteiger partial charge in [-0.3, -0.25) is 14.6 Å². The molecule has 0 saturated heterocycles. The van der Waals surface area contributed by atoms with Crippen LogP contribution >= 0.6 is 0 Å². The third kappa shape index (κ3) is 5.10. The minimum Gasteiger partial charge on any atom is -0.481 e. The first-order valence-corrected chi connectivity index (χ1v) is 5.49. The second-order valence-corrected chi connectivity index (χ2v) is 3.98. The van der Waals surface area contributed by atoms with Crippen LogP contribution in [0.15, 0.2) is 24.5 Å². The SMILES string of the molecule is CC(CCC(=O)O)CNC(=O)c1ccncc1. The van der Waals surface area contributed by atoms with E-state index < -0.39 is 5.97 Å². The van der Waals surface area contributed by atoms with E-state index in [-0.39, 0.29) is 18.2 Å². The zero-order valence-electron chi connectivity index (χ0n) is 9.72. The van der Waals surface area contributed by atoms with Crippen LogP contribution in [-0.2, 0) is 4.79 Å². The monoisotopic (exact) mass is 236 g/mol. The molecule has 0 aliphatic heterocycles. The second-order valence-electron chi connectivity index (χ2n) is 3.98. The fourth-order valence-electron chi connectivity index (χ4n) is 1.34. The zero-order chi connectivity index (χ0) is 12.7. The topological polar surface area (TPSA) is 79.3 Å². The Balaban J connectivity index is 2.31. The molecule has 17 heavy (non-hydrogen) atoms. The molecule has 0 aromatic carbocycles. The molecule has 1 unspecified atom stereocenters. The van der Waals surface area contributed by atoms with Gasteiger partial charge in [-0.25, -0.2) is 0 Å². The Morgan fingerprint density at radius 3 is 2.65 bits per heavy atom. The molecule has 0 radical (unpaired) electrons. The number of rotatable bonds is 6. The Labute approximate surface area is 99.9 Å². The van der Waals surface area contributed by atoms with Crippen LogP contribution in [0.5, 0.6) is 0 Å². The highest BCUT2D eigenvalue weighted by molar-refractivity contribution is 5.93. The predicted octanol–water partition coefficient (Wildman–Crippen LogP) is 1.31. The number of carbonyl (C=O) groups is 2. The van der Waals surface area contributed by atoms with Gasteiger partial charge in [-0.2, -0.15) is 0 Å². The molecule has 5 heteroatoms. The van der Waals surface area contributed by atoms with Gasteiger partial charge in [0.15, 0.2) is 0 Å². The lowest BCUT2D eigenvalue weighted by Crippen LogP contribution is -2.28. The quantitative estimate of drug-likeness (QED) is 0.780. The Hall–Kier alpha value is -1.91. The molecule has 1 rings (SSSR count). The van der Waals surface area contributed by atoms with Gasteiger partial charge in [-0.05, 0) is 24.5 Å². The van der Waals surface area contributed by atoms with E-state index in [1.807, 2.05) is 6.92 Å². The molecule has 1 aromatic rings. The molecule has 0 bridgehead atoms. The Morgan fingerprint density at radius 1 is 1.41 bits per heavy atom. The van der Waals surface area contributed by atoms with Crippen LogP contribution in [0.3, 0.4) is 0 Å². The summed E-state index contributed by atoms with van der Waals surface area (Å²) in [7, 11) is 0. The smallest absolute Gasteiger partial charge is 0.303 e. The number of aromatic nitrogens is 1. The van der Waals surface area contributed by atoms with Crippen LogP contribution in [-0.4, -0.2) is 28.5 Å². The number of nitrogens with one attached hydrogen (secondary N) is 1. The summed E-state index contributed by atoms with van der Waals surface area (Å²) in [4.78, 5) is 25.8. The van der Waals surface area contributed by atoms with Crippen molar-refractivity contribution < 1.29 is 14.7 Å². The summed E-state index contributed by atoms with van der Waals surface area (Å²) in [5.41, 5.74) is 0.561. The lowest BCUT2D eigenvalue weighted by atomic mass is 10.1. The molecule has 1 aromatic heterocycles. The Kier molecular flexibility index (Phi) is 5.13. The highest BCUT2D eigenvalue weighted by atomic mass is 16.4. The fourth-order valence-corrected chi connectivity index (χ4v) is 1.34. The molecule has 1 heterocycles. The number of amides is 1. The number of aliphatic carboxylic acids is 1. The van der Waals surface area contributed by atoms with Crippen molar-refractivity contribution in [2.75, 3.05) is 6.54 Å². The van der Waals surface area contributed by atoms with Gasteiger partial charge in [0, 0.05) is 30.9 Å². The first-order chi connectivity index (χ1) is 8.09. The maximum atomic E-state index is 11.6. The van der Waals surface area contributed by atoms with E-state index in [0.717, 1.165) is 0 Å². The van der Waals surface area contributed by atoms with Crippen LogP contribution < -0.4 is 5.32 Å². The van der Waals surface area contributed by atoms with Crippen LogP contribution in [0.2, 0.25) is 0 Å². The predicted molar refractivity (Wildman–Crippen MR) is 62.6 cm³/mol. The van der Waals surface area contributed by atoms with Crippen LogP contribution in [0, 0.1) is 5.92 Å². The number of carbonyl (C=O) groups excluding carboxylic acids is 1. The number of pyridine rings is 1. The normalized spacial score (nSPS) is 11.8. The molecule has 0 saturated carbocycles. The van der Waals surface area contributed by atoms with Crippen LogP contribution in [0.1, 0.15) is 30.1 Å². The van der Waals surface area contributed by atoms with Gasteiger partial charge in [0.05, 0.1) is 0 Å². The maximum absolute atomic E-state index is 11.6. The summed E-state index contributed by atoms with van der Waals surface area (Å²) in [5, 5.41) is 11.3. The average Bonchev–Trinajstić information content (AvgIpc) is 2.34. The second kappa shape index (κ2) is 6.62. The molecule has 92 valence electrons. The van der Waals surface area contributed by atoms with Gasteiger partial charge in [-0.15, -0.1) is 0 Å². The van der Waals surface area contributed by atoms with Crippen molar-refractivity contribution in [3.63, 3.8) is 0 Å². The average molecular weight is 236 g/mol. The van der Waals surface area contributed by atoms with Gasteiger partial charge in [-0.1, -0.05) is 6.92 Å². The summed E-state index contributed by atoms with van der Waals surface area (Å²) >= 11 is 0. The van der Waals surface area contributed by atoms with Gasteiger partial charge in [0.1, 0.15) is 0 Å². The minimum atomic E-state index is -0.808. The summed E-state index contributed by atoms with van der Waals surface area (Å²) in [6, 6.07) is 3.27. The molecular formula is C12H16N2O3. The Bertz CT molecular complexity index is 379. The van der Waals surface area contributed by atoms with Gasteiger partial charge < -0.3 is 10.4 Å². The van der Waals surface area contributed by atoms with Crippen molar-refractivity contribution in [1.29, 1.82) is 0 Å². The van der Waals surface area contributed by atoms with Crippen molar-refractivity contribution in [3.05, 3.63) is 30.1 Å². The largest absolute Gasteiger partial charge is 0.481 e. The summed E-state index contributed by atoms with van der Waals surface area (Å²) in [6.07, 6.45) is 3.81. The third-order valence-electron chi connectivity index (χ3n) is 2.40. The lowest BCUT2D eigenvalue weighted by molar-refractivity contribution is -0.137. The lowest BCUT2D eigenvalue weighted by Gasteiger charge is -2.11. The zero-order valence-corrected chi connectivity index (χ0v) is 9.72. The molecule has 0 aliphatic rings. The highest BCUT2D eigenvalue weighted by Crippen LogP contribution is 2.04. The number of nitrogens with zero attached hydrogens (tertiary/aromatic N) is 1. The van der Waals surface area contributed by atoms with E-state index in [9.17, 15) is 9.59 Å². The molecule has 1 amide bonds. The van der Waals surface area contributed by atoms with Crippen molar-refractivity contribution >= 4 is 11.9 Å². The third-order valence-corrected chi connectivity index (χ3v) is 2.40. The molecule has 0 fully saturated rings. The van der Waals surface area contributed by atoms with E-state index in [1.54, 1.807) is 24.5 Å². The van der Waals surface area contributed by atoms with Gasteiger partial charge in [0.2, 0.25) is 0 Å². The molecule has 1 atom stereocenters. The summed E-state index contributed by atoms with van der Waals surface area (Å²) in [6.45, 7) is 2.39. The van der Waals surface area contributed by atoms with Crippen molar-refractivity contribution in [2.24, 2.45) is 5.92 Å². The van der Waals surface area contributed by atoms with E-state index in [4.69, 9.17) is 5.11 Å². The van der Waals surface area contributed by atoms with Crippen LogP contribution in [0.4, 0.5) is 0 Å². The molecule has 0 spiro atoms.